The molecular weight excluding hydrogens is 545 g/mol. The van der Waals surface area contributed by atoms with E-state index in [1.54, 1.807) is 37.4 Å². The molecule has 0 saturated carbocycles. The van der Waals surface area contributed by atoms with Gasteiger partial charge in [0.15, 0.2) is 5.82 Å². The third kappa shape index (κ3) is 8.17. The SMILES string of the molecule is C=CCN.CC1(C(=O)O)COC(c2nc(-c3ccc(F)cc3)c(-c3ccnc(NCCCN4CCOCC4)n3)[nH]2)OC1. The van der Waals surface area contributed by atoms with Gasteiger partial charge in [0.1, 0.15) is 11.2 Å². The molecule has 0 radical (unpaired) electrons. The van der Waals surface area contributed by atoms with E-state index in [4.69, 9.17) is 19.9 Å². The molecule has 2 fully saturated rings. The lowest BCUT2D eigenvalue weighted by Gasteiger charge is -2.33. The number of anilines is 1. The van der Waals surface area contributed by atoms with Gasteiger partial charge in [0, 0.05) is 37.9 Å². The van der Waals surface area contributed by atoms with Crippen LogP contribution in [0.25, 0.3) is 22.6 Å². The van der Waals surface area contributed by atoms with E-state index in [0.29, 0.717) is 47.5 Å². The Morgan fingerprint density at radius 3 is 2.57 bits per heavy atom. The van der Waals surface area contributed by atoms with Crippen LogP contribution in [0, 0.1) is 11.2 Å². The summed E-state index contributed by atoms with van der Waals surface area (Å²) >= 11 is 0. The first kappa shape index (κ1) is 31.2. The number of carboxylic acid groups (broad SMARTS) is 1. The van der Waals surface area contributed by atoms with Crippen molar-refractivity contribution in [1.82, 2.24) is 24.8 Å². The van der Waals surface area contributed by atoms with Crippen molar-refractivity contribution in [1.29, 1.82) is 0 Å². The number of imidazole rings is 1. The van der Waals surface area contributed by atoms with Gasteiger partial charge in [0.2, 0.25) is 12.2 Å². The molecule has 3 aromatic rings. The normalized spacial score (nSPS) is 20.8. The summed E-state index contributed by atoms with van der Waals surface area (Å²) < 4.78 is 30.5. The van der Waals surface area contributed by atoms with E-state index >= 15 is 0 Å². The molecule has 2 aromatic heterocycles. The maximum Gasteiger partial charge on any atom is 0.314 e. The number of aromatic nitrogens is 4. The molecule has 0 amide bonds. The number of benzene rings is 1. The van der Waals surface area contributed by atoms with E-state index in [1.165, 1.54) is 12.1 Å². The van der Waals surface area contributed by atoms with Gasteiger partial charge in [-0.15, -0.1) is 6.58 Å². The van der Waals surface area contributed by atoms with Gasteiger partial charge in [-0.05, 0) is 50.2 Å². The van der Waals surface area contributed by atoms with Crippen LogP contribution in [0.4, 0.5) is 10.3 Å². The number of nitrogens with one attached hydrogen (secondary N) is 2. The van der Waals surface area contributed by atoms with Crippen LogP contribution in [0.15, 0.2) is 49.2 Å². The van der Waals surface area contributed by atoms with Gasteiger partial charge in [0.05, 0.1) is 43.5 Å². The van der Waals surface area contributed by atoms with Crippen LogP contribution >= 0.6 is 0 Å². The van der Waals surface area contributed by atoms with Crippen molar-refractivity contribution in [2.45, 2.75) is 19.6 Å². The Balaban J connectivity index is 0.000000952. The summed E-state index contributed by atoms with van der Waals surface area (Å²) in [6.07, 6.45) is 3.37. The van der Waals surface area contributed by atoms with Crippen LogP contribution in [0.5, 0.6) is 0 Å². The predicted octanol–water partition coefficient (Wildman–Crippen LogP) is 3.07. The van der Waals surface area contributed by atoms with Crippen molar-refractivity contribution in [3.8, 4) is 22.6 Å². The van der Waals surface area contributed by atoms with Gasteiger partial charge in [-0.25, -0.2) is 19.3 Å². The second-order valence-electron chi connectivity index (χ2n) is 10.2. The molecule has 0 spiro atoms. The molecule has 2 aliphatic rings. The number of morpholine rings is 1. The van der Waals surface area contributed by atoms with Crippen molar-refractivity contribution in [2.24, 2.45) is 11.1 Å². The molecule has 1 aromatic carbocycles. The van der Waals surface area contributed by atoms with E-state index in [-0.39, 0.29) is 19.0 Å². The minimum atomic E-state index is -1.14. The Kier molecular flexibility index (Phi) is 11.1. The fraction of sp³-hybridized carbons (Fsp3) is 0.448. The highest BCUT2D eigenvalue weighted by Crippen LogP contribution is 2.35. The van der Waals surface area contributed by atoms with Crippen LogP contribution in [0.2, 0.25) is 0 Å². The Labute approximate surface area is 244 Å². The molecule has 2 saturated heterocycles. The van der Waals surface area contributed by atoms with Gasteiger partial charge >= 0.3 is 5.97 Å². The fourth-order valence-corrected chi connectivity index (χ4v) is 4.31. The Bertz CT molecular complexity index is 1310. The standard InChI is InChI=1S/C26H31FN6O5.C3H7N/c1-26(24(34)35)15-37-23(38-16-26)22-31-20(17-3-5-18(27)6-4-17)21(32-22)19-7-9-29-25(30-19)28-8-2-10-33-11-13-36-14-12-33;1-2-3-4/h3-7,9,23H,2,8,10-16H2,1H3,(H,31,32)(H,34,35)(H,28,29,30);2H,1,3-4H2. The number of nitrogens with two attached hydrogens (primary N) is 1. The highest BCUT2D eigenvalue weighted by molar-refractivity contribution is 5.77. The number of rotatable bonds is 10. The maximum atomic E-state index is 13.6. The van der Waals surface area contributed by atoms with Crippen LogP contribution in [-0.4, -0.2) is 95.1 Å². The topological polar surface area (TPSA) is 161 Å². The first-order chi connectivity index (χ1) is 20.3. The summed E-state index contributed by atoms with van der Waals surface area (Å²) in [5, 5.41) is 12.7. The average molecular weight is 584 g/mol. The van der Waals surface area contributed by atoms with E-state index in [9.17, 15) is 14.3 Å². The summed E-state index contributed by atoms with van der Waals surface area (Å²) in [5.41, 5.74) is 6.15. The fourth-order valence-electron chi connectivity index (χ4n) is 4.31. The van der Waals surface area contributed by atoms with Crippen molar-refractivity contribution >= 4 is 11.9 Å². The molecule has 4 heterocycles. The zero-order chi connectivity index (χ0) is 30.0. The number of nitrogens with zero attached hydrogens (tertiary/aromatic N) is 4. The Hall–Kier alpha value is -3.75. The third-order valence-electron chi connectivity index (χ3n) is 6.80. The molecule has 226 valence electrons. The van der Waals surface area contributed by atoms with Gasteiger partial charge in [-0.1, -0.05) is 6.08 Å². The largest absolute Gasteiger partial charge is 0.481 e. The smallest absolute Gasteiger partial charge is 0.314 e. The molecule has 5 N–H and O–H groups in total. The highest BCUT2D eigenvalue weighted by Gasteiger charge is 2.41. The molecule has 0 aliphatic carbocycles. The summed E-state index contributed by atoms with van der Waals surface area (Å²) in [6.45, 7) is 10.6. The molecule has 12 nitrogen and oxygen atoms in total. The number of hydrogen-bond donors (Lipinski definition) is 4. The molecule has 13 heteroatoms. The Morgan fingerprint density at radius 2 is 1.93 bits per heavy atom. The number of aromatic amines is 1. The zero-order valence-electron chi connectivity index (χ0n) is 23.7. The van der Waals surface area contributed by atoms with Gasteiger partial charge < -0.3 is 35.4 Å². The van der Waals surface area contributed by atoms with Gasteiger partial charge in [0.25, 0.3) is 0 Å². The van der Waals surface area contributed by atoms with E-state index in [2.05, 4.69) is 36.7 Å². The first-order valence-corrected chi connectivity index (χ1v) is 13.8. The van der Waals surface area contributed by atoms with Crippen LogP contribution in [-0.2, 0) is 19.0 Å². The molecule has 2 aliphatic heterocycles. The minimum Gasteiger partial charge on any atom is -0.481 e. The predicted molar refractivity (Wildman–Crippen MR) is 155 cm³/mol. The lowest BCUT2D eigenvalue weighted by molar-refractivity contribution is -0.236. The lowest BCUT2D eigenvalue weighted by atomic mass is 9.92. The minimum absolute atomic E-state index is 0.0268. The molecule has 0 atom stereocenters. The first-order valence-electron chi connectivity index (χ1n) is 13.8. The average Bonchev–Trinajstić information content (AvgIpc) is 3.46. The monoisotopic (exact) mass is 583 g/mol. The summed E-state index contributed by atoms with van der Waals surface area (Å²) in [5.74, 6) is -0.504. The van der Waals surface area contributed by atoms with Crippen molar-refractivity contribution in [2.75, 3.05) is 64.5 Å². The van der Waals surface area contributed by atoms with Gasteiger partial charge in [-0.3, -0.25) is 9.69 Å². The summed E-state index contributed by atoms with van der Waals surface area (Å²) in [7, 11) is 0. The van der Waals surface area contributed by atoms with Crippen molar-refractivity contribution in [3.63, 3.8) is 0 Å². The van der Waals surface area contributed by atoms with E-state index in [0.717, 1.165) is 39.3 Å². The number of H-pyrrole nitrogens is 1. The highest BCUT2D eigenvalue weighted by atomic mass is 19.1. The van der Waals surface area contributed by atoms with Crippen molar-refractivity contribution < 1.29 is 28.5 Å². The summed E-state index contributed by atoms with van der Waals surface area (Å²) in [4.78, 5) is 30.9. The molecular formula is C29H38FN7O5. The number of carboxylic acids is 1. The van der Waals surface area contributed by atoms with Crippen LogP contribution in [0.1, 0.15) is 25.5 Å². The molecule has 0 bridgehead atoms. The number of ether oxygens (including phenoxy) is 3. The Morgan fingerprint density at radius 1 is 1.24 bits per heavy atom. The second-order valence-corrected chi connectivity index (χ2v) is 10.2. The number of carbonyl (C=O) groups is 1. The quantitative estimate of drug-likeness (QED) is 0.205. The number of hydrogen-bond acceptors (Lipinski definition) is 10. The number of aliphatic carboxylic acids is 1. The van der Waals surface area contributed by atoms with E-state index in [1.807, 2.05) is 0 Å². The molecule has 42 heavy (non-hydrogen) atoms. The lowest BCUT2D eigenvalue weighted by Crippen LogP contribution is -2.42. The van der Waals surface area contributed by atoms with Crippen LogP contribution < -0.4 is 11.1 Å². The van der Waals surface area contributed by atoms with Crippen LogP contribution in [0.3, 0.4) is 0 Å². The van der Waals surface area contributed by atoms with Crippen molar-refractivity contribution in [3.05, 3.63) is 60.8 Å². The molecule has 0 unspecified atom stereocenters. The second kappa shape index (κ2) is 14.9. The maximum absolute atomic E-state index is 13.6. The zero-order valence-corrected chi connectivity index (χ0v) is 23.7. The molecule has 5 rings (SSSR count). The number of halogens is 1. The van der Waals surface area contributed by atoms with Gasteiger partial charge in [-0.2, -0.15) is 0 Å². The third-order valence-corrected chi connectivity index (χ3v) is 6.80. The van der Waals surface area contributed by atoms with E-state index < -0.39 is 17.7 Å². The summed E-state index contributed by atoms with van der Waals surface area (Å²) in [6, 6.07) is 7.75.